The molecule has 1 aromatic rings. The molecule has 96 valence electrons. The Morgan fingerprint density at radius 1 is 1.29 bits per heavy atom. The summed E-state index contributed by atoms with van der Waals surface area (Å²) in [6, 6.07) is 2.42. The summed E-state index contributed by atoms with van der Waals surface area (Å²) in [6.45, 7) is 1.51. The van der Waals surface area contributed by atoms with Gasteiger partial charge in [0.2, 0.25) is 0 Å². The maximum Gasteiger partial charge on any atom is 0.416 e. The van der Waals surface area contributed by atoms with E-state index in [0.717, 1.165) is 12.1 Å². The van der Waals surface area contributed by atoms with Crippen molar-refractivity contribution in [1.29, 1.82) is 0 Å². The van der Waals surface area contributed by atoms with Crippen LogP contribution in [-0.2, 0) is 6.18 Å². The van der Waals surface area contributed by atoms with E-state index in [1.54, 1.807) is 0 Å². The molecule has 1 aromatic carbocycles. The lowest BCUT2D eigenvalue weighted by atomic mass is 10.0. The summed E-state index contributed by atoms with van der Waals surface area (Å²) in [6.07, 6.45) is -5.65. The van der Waals surface area contributed by atoms with Gasteiger partial charge in [-0.05, 0) is 30.7 Å². The minimum absolute atomic E-state index is 0.0366. The largest absolute Gasteiger partial charge is 0.497 e. The second kappa shape index (κ2) is 4.93. The zero-order chi connectivity index (χ0) is 13.2. The standard InChI is InChI=1S/C11H14F3NO2/c1-6(15)10(16)7-3-8(11(12,13)14)5-9(4-7)17-2/h3-6,10,16H,15H2,1-2H3/t6-,10-/m0/s1. The van der Waals surface area contributed by atoms with Crippen LogP contribution >= 0.6 is 0 Å². The van der Waals surface area contributed by atoms with E-state index < -0.39 is 23.9 Å². The molecule has 0 saturated heterocycles. The van der Waals surface area contributed by atoms with Gasteiger partial charge in [0, 0.05) is 6.04 Å². The number of rotatable bonds is 3. The van der Waals surface area contributed by atoms with Gasteiger partial charge in [0.05, 0.1) is 18.8 Å². The van der Waals surface area contributed by atoms with Gasteiger partial charge >= 0.3 is 6.18 Å². The predicted molar refractivity (Wildman–Crippen MR) is 56.6 cm³/mol. The fourth-order valence-corrected chi connectivity index (χ4v) is 1.38. The van der Waals surface area contributed by atoms with Gasteiger partial charge in [-0.1, -0.05) is 0 Å². The van der Waals surface area contributed by atoms with Crippen molar-refractivity contribution in [2.75, 3.05) is 7.11 Å². The molecule has 6 heteroatoms. The normalized spacial score (nSPS) is 15.5. The molecule has 0 bridgehead atoms. The Kier molecular flexibility index (Phi) is 4.00. The molecule has 0 amide bonds. The third-order valence-corrected chi connectivity index (χ3v) is 2.33. The molecule has 0 fully saturated rings. The van der Waals surface area contributed by atoms with E-state index in [9.17, 15) is 18.3 Å². The number of hydrogen-bond donors (Lipinski definition) is 2. The van der Waals surface area contributed by atoms with Gasteiger partial charge in [-0.25, -0.2) is 0 Å². The van der Waals surface area contributed by atoms with Crippen molar-refractivity contribution in [2.24, 2.45) is 5.73 Å². The van der Waals surface area contributed by atoms with Crippen LogP contribution in [0.3, 0.4) is 0 Å². The van der Waals surface area contributed by atoms with Crippen molar-refractivity contribution in [2.45, 2.75) is 25.2 Å². The maximum absolute atomic E-state index is 12.6. The first kappa shape index (κ1) is 13.8. The molecule has 0 heterocycles. The molecule has 0 saturated carbocycles. The molecule has 0 aliphatic rings. The maximum atomic E-state index is 12.6. The van der Waals surface area contributed by atoms with Crippen LogP contribution in [0.15, 0.2) is 18.2 Å². The number of alkyl halides is 3. The summed E-state index contributed by atoms with van der Waals surface area (Å²) in [4.78, 5) is 0. The molecule has 0 unspecified atom stereocenters. The molecule has 0 aliphatic heterocycles. The van der Waals surface area contributed by atoms with E-state index in [4.69, 9.17) is 10.5 Å². The Morgan fingerprint density at radius 2 is 1.88 bits per heavy atom. The van der Waals surface area contributed by atoms with E-state index in [-0.39, 0.29) is 11.3 Å². The van der Waals surface area contributed by atoms with Gasteiger partial charge in [0.1, 0.15) is 5.75 Å². The van der Waals surface area contributed by atoms with Crippen molar-refractivity contribution >= 4 is 0 Å². The molecule has 0 aromatic heterocycles. The first-order valence-electron chi connectivity index (χ1n) is 4.95. The molecule has 0 radical (unpaired) electrons. The lowest BCUT2D eigenvalue weighted by molar-refractivity contribution is -0.137. The second-order valence-corrected chi connectivity index (χ2v) is 3.80. The molecule has 1 rings (SSSR count). The third-order valence-electron chi connectivity index (χ3n) is 2.33. The molecule has 3 nitrogen and oxygen atoms in total. The Labute approximate surface area is 97.0 Å². The van der Waals surface area contributed by atoms with Crippen LogP contribution in [0.1, 0.15) is 24.2 Å². The second-order valence-electron chi connectivity index (χ2n) is 3.80. The van der Waals surface area contributed by atoms with Crippen molar-refractivity contribution in [1.82, 2.24) is 0 Å². The van der Waals surface area contributed by atoms with Gasteiger partial charge < -0.3 is 15.6 Å². The third kappa shape index (κ3) is 3.34. The topological polar surface area (TPSA) is 55.5 Å². The van der Waals surface area contributed by atoms with E-state index >= 15 is 0 Å². The number of aliphatic hydroxyl groups is 1. The van der Waals surface area contributed by atoms with E-state index in [2.05, 4.69) is 0 Å². The fraction of sp³-hybridized carbons (Fsp3) is 0.455. The Morgan fingerprint density at radius 3 is 2.29 bits per heavy atom. The highest BCUT2D eigenvalue weighted by atomic mass is 19.4. The summed E-state index contributed by atoms with van der Waals surface area (Å²) in [5.74, 6) is 0.0366. The monoisotopic (exact) mass is 249 g/mol. The first-order chi connectivity index (χ1) is 7.75. The minimum Gasteiger partial charge on any atom is -0.497 e. The van der Waals surface area contributed by atoms with Gasteiger partial charge in [-0.3, -0.25) is 0 Å². The van der Waals surface area contributed by atoms with Crippen molar-refractivity contribution in [3.05, 3.63) is 29.3 Å². The number of aliphatic hydroxyl groups excluding tert-OH is 1. The van der Waals surface area contributed by atoms with Crippen LogP contribution in [-0.4, -0.2) is 18.3 Å². The summed E-state index contributed by atoms with van der Waals surface area (Å²) < 4.78 is 42.5. The molecule has 2 atom stereocenters. The lowest BCUT2D eigenvalue weighted by Gasteiger charge is -2.18. The number of benzene rings is 1. The summed E-state index contributed by atoms with van der Waals surface area (Å²) in [5, 5.41) is 9.66. The van der Waals surface area contributed by atoms with E-state index in [1.807, 2.05) is 0 Å². The van der Waals surface area contributed by atoms with Crippen molar-refractivity contribution in [3.63, 3.8) is 0 Å². The first-order valence-corrected chi connectivity index (χ1v) is 4.95. The minimum atomic E-state index is -4.49. The van der Waals surface area contributed by atoms with Gasteiger partial charge in [0.25, 0.3) is 0 Å². The Hall–Kier alpha value is -1.27. The van der Waals surface area contributed by atoms with Crippen LogP contribution in [0, 0.1) is 0 Å². The SMILES string of the molecule is COc1cc([C@@H](O)[C@H](C)N)cc(C(F)(F)F)c1. The quantitative estimate of drug-likeness (QED) is 0.862. The molecule has 0 aliphatic carbocycles. The van der Waals surface area contributed by atoms with Crippen molar-refractivity contribution in [3.8, 4) is 5.75 Å². The van der Waals surface area contributed by atoms with Gasteiger partial charge in [0.15, 0.2) is 0 Å². The van der Waals surface area contributed by atoms with Gasteiger partial charge in [-0.15, -0.1) is 0 Å². The number of methoxy groups -OCH3 is 1. The Bertz CT molecular complexity index is 391. The molecule has 17 heavy (non-hydrogen) atoms. The molecule has 0 spiro atoms. The van der Waals surface area contributed by atoms with E-state index in [1.165, 1.54) is 20.1 Å². The number of halogens is 3. The highest BCUT2D eigenvalue weighted by molar-refractivity contribution is 5.37. The van der Waals surface area contributed by atoms with Crippen LogP contribution < -0.4 is 10.5 Å². The fourth-order valence-electron chi connectivity index (χ4n) is 1.38. The predicted octanol–water partition coefficient (Wildman–Crippen LogP) is 2.09. The summed E-state index contributed by atoms with van der Waals surface area (Å²) >= 11 is 0. The molecular formula is C11H14F3NO2. The number of ether oxygens (including phenoxy) is 1. The van der Waals surface area contributed by atoms with Crippen LogP contribution in [0.25, 0.3) is 0 Å². The van der Waals surface area contributed by atoms with Crippen LogP contribution in [0.2, 0.25) is 0 Å². The number of hydrogen-bond acceptors (Lipinski definition) is 3. The van der Waals surface area contributed by atoms with Gasteiger partial charge in [-0.2, -0.15) is 13.2 Å². The Balaban J connectivity index is 3.23. The molecular weight excluding hydrogens is 235 g/mol. The summed E-state index contributed by atoms with van der Waals surface area (Å²) in [5.41, 5.74) is 4.67. The smallest absolute Gasteiger partial charge is 0.416 e. The van der Waals surface area contributed by atoms with Crippen LogP contribution in [0.5, 0.6) is 5.75 Å². The zero-order valence-corrected chi connectivity index (χ0v) is 9.45. The van der Waals surface area contributed by atoms with E-state index in [0.29, 0.717) is 0 Å². The lowest BCUT2D eigenvalue weighted by Crippen LogP contribution is -2.24. The average Bonchev–Trinajstić information content (AvgIpc) is 2.26. The highest BCUT2D eigenvalue weighted by Crippen LogP contribution is 2.34. The molecule has 3 N–H and O–H groups in total. The average molecular weight is 249 g/mol. The highest BCUT2D eigenvalue weighted by Gasteiger charge is 2.32. The van der Waals surface area contributed by atoms with Crippen molar-refractivity contribution < 1.29 is 23.0 Å². The number of nitrogens with two attached hydrogens (primary N) is 1. The van der Waals surface area contributed by atoms with Crippen LogP contribution in [0.4, 0.5) is 13.2 Å². The summed E-state index contributed by atoms with van der Waals surface area (Å²) in [7, 11) is 1.26. The zero-order valence-electron chi connectivity index (χ0n) is 9.45.